The van der Waals surface area contributed by atoms with Crippen LogP contribution in [0.25, 0.3) is 21.8 Å². The number of carbonyl (C=O) groups is 1. The highest BCUT2D eigenvalue weighted by molar-refractivity contribution is 5.96. The van der Waals surface area contributed by atoms with Crippen LogP contribution in [0.4, 0.5) is 4.79 Å². The lowest BCUT2D eigenvalue weighted by Gasteiger charge is -2.38. The molecule has 1 aromatic heterocycles. The normalized spacial score (nSPS) is 23.1. The molecule has 0 aliphatic carbocycles. The van der Waals surface area contributed by atoms with Crippen molar-refractivity contribution in [3.05, 3.63) is 52.2 Å². The van der Waals surface area contributed by atoms with Crippen LogP contribution in [-0.4, -0.2) is 22.4 Å². The van der Waals surface area contributed by atoms with Gasteiger partial charge < -0.3 is 18.8 Å². The number of carbonyl (C=O) groups excluding carboxylic acids is 1. The molecule has 0 unspecified atom stereocenters. The van der Waals surface area contributed by atoms with Crippen LogP contribution >= 0.6 is 0 Å². The van der Waals surface area contributed by atoms with E-state index in [4.69, 9.17) is 14.2 Å². The molecule has 6 nitrogen and oxygen atoms in total. The number of hydrogen-bond donors (Lipinski definition) is 0. The lowest BCUT2D eigenvalue weighted by atomic mass is 9.87. The van der Waals surface area contributed by atoms with E-state index in [-0.39, 0.29) is 5.43 Å². The third kappa shape index (κ3) is 1.81. The maximum atomic E-state index is 13.0. The quantitative estimate of drug-likeness (QED) is 0.458. The predicted molar refractivity (Wildman–Crippen MR) is 95.5 cm³/mol. The smallest absolute Gasteiger partial charge is 0.483 e. The van der Waals surface area contributed by atoms with Gasteiger partial charge in [-0.2, -0.15) is 0 Å². The second kappa shape index (κ2) is 4.78. The van der Waals surface area contributed by atoms with Crippen molar-refractivity contribution in [1.82, 2.24) is 4.57 Å². The van der Waals surface area contributed by atoms with Gasteiger partial charge in [0.1, 0.15) is 11.4 Å². The van der Waals surface area contributed by atoms with E-state index >= 15 is 0 Å². The standard InChI is InChI=1S/C20H17NO5/c1-20(2)18-17(24-19(23)25-18)14-13(26-20)9-8-11-15(14)21(3)12-7-5-4-6-10(12)16(11)22/h4-9,17-18H,1-3H3/t17-,18-/m0/s1. The molecule has 1 saturated heterocycles. The van der Waals surface area contributed by atoms with Gasteiger partial charge in [0, 0.05) is 17.8 Å². The predicted octanol–water partition coefficient (Wildman–Crippen LogP) is 3.44. The number of aromatic nitrogens is 1. The van der Waals surface area contributed by atoms with Crippen LogP contribution in [0, 0.1) is 0 Å². The second-order valence-corrected chi connectivity index (χ2v) is 7.31. The Bertz CT molecular complexity index is 1160. The van der Waals surface area contributed by atoms with E-state index in [1.165, 1.54) is 0 Å². The van der Waals surface area contributed by atoms with Gasteiger partial charge in [-0.1, -0.05) is 12.1 Å². The number of rotatable bonds is 0. The summed E-state index contributed by atoms with van der Waals surface area (Å²) < 4.78 is 18.9. The van der Waals surface area contributed by atoms with Crippen LogP contribution in [0.2, 0.25) is 0 Å². The first-order valence-electron chi connectivity index (χ1n) is 8.49. The topological polar surface area (TPSA) is 66.8 Å². The van der Waals surface area contributed by atoms with Crippen molar-refractivity contribution in [3.8, 4) is 5.75 Å². The Morgan fingerprint density at radius 2 is 1.77 bits per heavy atom. The fraction of sp³-hybridized carbons (Fsp3) is 0.300. The summed E-state index contributed by atoms with van der Waals surface area (Å²) in [5, 5.41) is 1.21. The number of aryl methyl sites for hydroxylation is 1. The molecule has 2 aromatic carbocycles. The second-order valence-electron chi connectivity index (χ2n) is 7.31. The van der Waals surface area contributed by atoms with Gasteiger partial charge in [-0.05, 0) is 38.1 Å². The molecule has 0 radical (unpaired) electrons. The summed E-state index contributed by atoms with van der Waals surface area (Å²) in [6.07, 6.45) is -1.90. The van der Waals surface area contributed by atoms with Gasteiger partial charge in [0.05, 0.1) is 16.6 Å². The summed E-state index contributed by atoms with van der Waals surface area (Å²) in [7, 11) is 1.90. The Kier molecular flexibility index (Phi) is 2.81. The van der Waals surface area contributed by atoms with Crippen molar-refractivity contribution < 1.29 is 19.0 Å². The molecule has 0 N–H and O–H groups in total. The number of benzene rings is 2. The van der Waals surface area contributed by atoms with Gasteiger partial charge in [0.2, 0.25) is 0 Å². The highest BCUT2D eigenvalue weighted by Gasteiger charge is 2.54. The molecule has 0 saturated carbocycles. The van der Waals surface area contributed by atoms with Gasteiger partial charge in [-0.15, -0.1) is 0 Å². The van der Waals surface area contributed by atoms with Crippen LogP contribution in [-0.2, 0) is 16.5 Å². The van der Waals surface area contributed by atoms with E-state index in [1.807, 2.05) is 49.7 Å². The van der Waals surface area contributed by atoms with E-state index in [0.29, 0.717) is 27.6 Å². The zero-order chi connectivity index (χ0) is 18.2. The summed E-state index contributed by atoms with van der Waals surface area (Å²) in [6, 6.07) is 11.0. The lowest BCUT2D eigenvalue weighted by molar-refractivity contribution is -0.0498. The molecular formula is C20H17NO5. The third-order valence-electron chi connectivity index (χ3n) is 5.33. The minimum absolute atomic E-state index is 0.0527. The first-order chi connectivity index (χ1) is 12.4. The van der Waals surface area contributed by atoms with Gasteiger partial charge in [-0.25, -0.2) is 4.79 Å². The Hall–Kier alpha value is -3.02. The molecule has 2 atom stereocenters. The molecule has 0 amide bonds. The first-order valence-corrected chi connectivity index (χ1v) is 8.49. The van der Waals surface area contributed by atoms with Crippen LogP contribution in [0.5, 0.6) is 5.75 Å². The number of hydrogen-bond acceptors (Lipinski definition) is 5. The van der Waals surface area contributed by atoms with E-state index in [9.17, 15) is 9.59 Å². The number of para-hydroxylation sites is 1. The lowest BCUT2D eigenvalue weighted by Crippen LogP contribution is -2.48. The maximum absolute atomic E-state index is 13.0. The molecule has 0 spiro atoms. The average Bonchev–Trinajstić information content (AvgIpc) is 3.01. The Labute approximate surface area is 148 Å². The minimum Gasteiger partial charge on any atom is -0.483 e. The molecule has 26 heavy (non-hydrogen) atoms. The fourth-order valence-electron chi connectivity index (χ4n) is 4.14. The van der Waals surface area contributed by atoms with E-state index in [1.54, 1.807) is 12.1 Å². The number of pyridine rings is 1. The Balaban J connectivity index is 1.94. The zero-order valence-corrected chi connectivity index (χ0v) is 14.6. The number of nitrogens with zero attached hydrogens (tertiary/aromatic N) is 1. The molecule has 132 valence electrons. The summed E-state index contributed by atoms with van der Waals surface area (Å²) in [5.41, 5.74) is 1.42. The SMILES string of the molecule is Cn1c2ccccc2c(=O)c2ccc3c(c21)[C@@H]1OC(=O)O[C@@H]1C(C)(C)O3. The van der Waals surface area contributed by atoms with Crippen molar-refractivity contribution in [2.45, 2.75) is 31.7 Å². The number of fused-ring (bicyclic) bond motifs is 6. The summed E-state index contributed by atoms with van der Waals surface area (Å²) in [4.78, 5) is 24.9. The molecule has 2 aliphatic heterocycles. The average molecular weight is 351 g/mol. The monoisotopic (exact) mass is 351 g/mol. The van der Waals surface area contributed by atoms with Crippen molar-refractivity contribution in [1.29, 1.82) is 0 Å². The van der Waals surface area contributed by atoms with Crippen molar-refractivity contribution in [2.75, 3.05) is 0 Å². The van der Waals surface area contributed by atoms with Gasteiger partial charge in [-0.3, -0.25) is 4.79 Å². The van der Waals surface area contributed by atoms with Crippen LogP contribution in [0.15, 0.2) is 41.2 Å². The van der Waals surface area contributed by atoms with Gasteiger partial charge in [0.25, 0.3) is 0 Å². The summed E-state index contributed by atoms with van der Waals surface area (Å²) >= 11 is 0. The zero-order valence-electron chi connectivity index (χ0n) is 14.6. The fourth-order valence-corrected chi connectivity index (χ4v) is 4.14. The van der Waals surface area contributed by atoms with Crippen molar-refractivity contribution in [3.63, 3.8) is 0 Å². The van der Waals surface area contributed by atoms with Crippen LogP contribution in [0.1, 0.15) is 25.5 Å². The third-order valence-corrected chi connectivity index (χ3v) is 5.33. The molecule has 3 aromatic rings. The maximum Gasteiger partial charge on any atom is 0.509 e. The molecule has 6 heteroatoms. The highest BCUT2D eigenvalue weighted by Crippen LogP contribution is 2.48. The summed E-state index contributed by atoms with van der Waals surface area (Å²) in [6.45, 7) is 3.72. The largest absolute Gasteiger partial charge is 0.509 e. The Morgan fingerprint density at radius 1 is 1.00 bits per heavy atom. The number of ether oxygens (including phenoxy) is 3. The minimum atomic E-state index is -0.729. The van der Waals surface area contributed by atoms with Crippen molar-refractivity contribution >= 4 is 28.0 Å². The first kappa shape index (κ1) is 15.3. The molecule has 2 aliphatic rings. The van der Waals surface area contributed by atoms with Gasteiger partial charge >= 0.3 is 6.16 Å². The van der Waals surface area contributed by atoms with E-state index in [2.05, 4.69) is 0 Å². The van der Waals surface area contributed by atoms with E-state index in [0.717, 1.165) is 5.52 Å². The highest BCUT2D eigenvalue weighted by atomic mass is 16.8. The van der Waals surface area contributed by atoms with Crippen LogP contribution < -0.4 is 10.2 Å². The molecule has 5 rings (SSSR count). The molecule has 3 heterocycles. The molecular weight excluding hydrogens is 334 g/mol. The van der Waals surface area contributed by atoms with Crippen molar-refractivity contribution in [2.24, 2.45) is 7.05 Å². The van der Waals surface area contributed by atoms with Gasteiger partial charge in [0.15, 0.2) is 17.6 Å². The Morgan fingerprint density at radius 3 is 2.58 bits per heavy atom. The summed E-state index contributed by atoms with van der Waals surface area (Å²) in [5.74, 6) is 0.604. The molecule has 0 bridgehead atoms. The van der Waals surface area contributed by atoms with E-state index < -0.39 is 24.0 Å². The van der Waals surface area contributed by atoms with Crippen LogP contribution in [0.3, 0.4) is 0 Å². The molecule has 1 fully saturated rings.